The largest absolute Gasteiger partial charge is 0.453 e. The van der Waals surface area contributed by atoms with Crippen molar-refractivity contribution in [1.29, 1.82) is 0 Å². The second-order valence-corrected chi connectivity index (χ2v) is 4.62. The molecule has 0 aliphatic carbocycles. The lowest BCUT2D eigenvalue weighted by Crippen LogP contribution is -2.11. The number of aryl methyl sites for hydroxylation is 1. The Balaban J connectivity index is 1.98. The maximum atomic E-state index is 11.2. The van der Waals surface area contributed by atoms with Gasteiger partial charge in [-0.2, -0.15) is 0 Å². The molecule has 6 heteroatoms. The van der Waals surface area contributed by atoms with Gasteiger partial charge in [-0.15, -0.1) is 0 Å². The smallest absolute Gasteiger partial charge is 0.413 e. The lowest BCUT2D eigenvalue weighted by molar-refractivity contribution is 0.186. The number of fused-ring (bicyclic) bond motifs is 1. The van der Waals surface area contributed by atoms with Crippen LogP contribution in [0.1, 0.15) is 5.69 Å². The zero-order valence-electron chi connectivity index (χ0n) is 11.7. The number of methoxy groups -OCH3 is 1. The number of anilines is 1. The van der Waals surface area contributed by atoms with Crippen molar-refractivity contribution in [3.63, 3.8) is 0 Å². The summed E-state index contributed by atoms with van der Waals surface area (Å²) in [7, 11) is 1.31. The predicted molar refractivity (Wildman–Crippen MR) is 80.1 cm³/mol. The van der Waals surface area contributed by atoms with Crippen LogP contribution < -0.4 is 5.32 Å². The van der Waals surface area contributed by atoms with E-state index in [1.54, 1.807) is 6.20 Å². The first-order valence-electron chi connectivity index (χ1n) is 6.43. The Kier molecular flexibility index (Phi) is 3.27. The highest BCUT2D eigenvalue weighted by molar-refractivity contribution is 5.88. The molecular weight excluding hydrogens is 268 g/mol. The highest BCUT2D eigenvalue weighted by Crippen LogP contribution is 2.24. The highest BCUT2D eigenvalue weighted by Gasteiger charge is 2.08. The van der Waals surface area contributed by atoms with Crippen molar-refractivity contribution in [2.45, 2.75) is 6.92 Å². The summed E-state index contributed by atoms with van der Waals surface area (Å²) in [6.07, 6.45) is 1.23. The molecule has 0 aliphatic heterocycles. The summed E-state index contributed by atoms with van der Waals surface area (Å²) in [5, 5.41) is 2.51. The molecule has 1 aromatic carbocycles. The van der Waals surface area contributed by atoms with Gasteiger partial charge >= 0.3 is 6.09 Å². The molecule has 2 N–H and O–H groups in total. The normalized spacial score (nSPS) is 10.6. The lowest BCUT2D eigenvalue weighted by atomic mass is 10.1. The van der Waals surface area contributed by atoms with Gasteiger partial charge in [-0.1, -0.05) is 6.07 Å². The minimum Gasteiger partial charge on any atom is -0.453 e. The van der Waals surface area contributed by atoms with Crippen molar-refractivity contribution >= 4 is 23.1 Å². The van der Waals surface area contributed by atoms with E-state index in [1.165, 1.54) is 7.11 Å². The third-order valence-corrected chi connectivity index (χ3v) is 3.12. The molecule has 0 bridgehead atoms. The fourth-order valence-electron chi connectivity index (χ4n) is 2.12. The van der Waals surface area contributed by atoms with Gasteiger partial charge in [0.1, 0.15) is 0 Å². The van der Waals surface area contributed by atoms with Gasteiger partial charge in [-0.3, -0.25) is 10.3 Å². The van der Waals surface area contributed by atoms with Gasteiger partial charge in [0, 0.05) is 11.9 Å². The van der Waals surface area contributed by atoms with E-state index in [2.05, 4.69) is 25.0 Å². The minimum atomic E-state index is -0.556. The highest BCUT2D eigenvalue weighted by atomic mass is 16.5. The van der Waals surface area contributed by atoms with Crippen LogP contribution in [0.4, 0.5) is 10.7 Å². The molecular formula is C15H14N4O2. The Morgan fingerprint density at radius 1 is 1.24 bits per heavy atom. The number of aromatic amines is 1. The summed E-state index contributed by atoms with van der Waals surface area (Å²) < 4.78 is 4.54. The molecule has 2 heterocycles. The number of nitrogens with one attached hydrogen (secondary N) is 2. The van der Waals surface area contributed by atoms with E-state index in [4.69, 9.17) is 0 Å². The van der Waals surface area contributed by atoms with Gasteiger partial charge in [0.2, 0.25) is 5.95 Å². The number of rotatable bonds is 2. The van der Waals surface area contributed by atoms with E-state index in [1.807, 2.05) is 37.3 Å². The quantitative estimate of drug-likeness (QED) is 0.756. The molecule has 1 amide bonds. The SMILES string of the molecule is COC(=O)Nc1nc2ccc(-c3ccnc(C)c3)cc2[nH]1. The number of imidazole rings is 1. The number of ether oxygens (including phenoxy) is 1. The monoisotopic (exact) mass is 282 g/mol. The number of nitrogens with zero attached hydrogens (tertiary/aromatic N) is 2. The van der Waals surface area contributed by atoms with Crippen LogP contribution in [-0.4, -0.2) is 28.2 Å². The van der Waals surface area contributed by atoms with Crippen LogP contribution in [0.5, 0.6) is 0 Å². The number of pyridine rings is 1. The van der Waals surface area contributed by atoms with Crippen molar-refractivity contribution in [3.05, 3.63) is 42.2 Å². The molecule has 106 valence electrons. The molecule has 21 heavy (non-hydrogen) atoms. The molecule has 0 aliphatic rings. The number of carbonyl (C=O) groups excluding carboxylic acids is 1. The van der Waals surface area contributed by atoms with Gasteiger partial charge in [0.25, 0.3) is 0 Å². The van der Waals surface area contributed by atoms with E-state index in [9.17, 15) is 4.79 Å². The zero-order chi connectivity index (χ0) is 14.8. The van der Waals surface area contributed by atoms with Crippen molar-refractivity contribution in [2.24, 2.45) is 0 Å². The predicted octanol–water partition coefficient (Wildman–Crippen LogP) is 3.11. The van der Waals surface area contributed by atoms with Crippen molar-refractivity contribution < 1.29 is 9.53 Å². The van der Waals surface area contributed by atoms with E-state index < -0.39 is 6.09 Å². The molecule has 3 rings (SSSR count). The summed E-state index contributed by atoms with van der Waals surface area (Å²) in [6.45, 7) is 1.95. The topological polar surface area (TPSA) is 79.9 Å². The van der Waals surface area contributed by atoms with Crippen molar-refractivity contribution in [3.8, 4) is 11.1 Å². The molecule has 0 atom stereocenters. The first kappa shape index (κ1) is 13.1. The Morgan fingerprint density at radius 2 is 2.05 bits per heavy atom. The molecule has 0 radical (unpaired) electrons. The van der Waals surface area contributed by atoms with Gasteiger partial charge < -0.3 is 9.72 Å². The Bertz CT molecular complexity index is 810. The maximum absolute atomic E-state index is 11.2. The van der Waals surface area contributed by atoms with Gasteiger partial charge in [0.15, 0.2) is 0 Å². The molecule has 0 saturated heterocycles. The average molecular weight is 282 g/mol. The summed E-state index contributed by atoms with van der Waals surface area (Å²) in [5.41, 5.74) is 4.72. The third kappa shape index (κ3) is 2.69. The van der Waals surface area contributed by atoms with Gasteiger partial charge in [0.05, 0.1) is 18.1 Å². The van der Waals surface area contributed by atoms with Crippen LogP contribution in [0.2, 0.25) is 0 Å². The van der Waals surface area contributed by atoms with Crippen LogP contribution in [0.25, 0.3) is 22.2 Å². The molecule has 0 spiro atoms. The fourth-order valence-corrected chi connectivity index (χ4v) is 2.12. The molecule has 0 unspecified atom stereocenters. The van der Waals surface area contributed by atoms with Gasteiger partial charge in [-0.05, 0) is 42.3 Å². The first-order chi connectivity index (χ1) is 10.2. The Labute approximate surface area is 121 Å². The van der Waals surface area contributed by atoms with E-state index in [0.29, 0.717) is 5.95 Å². The Morgan fingerprint density at radius 3 is 2.81 bits per heavy atom. The second-order valence-electron chi connectivity index (χ2n) is 4.62. The number of carbonyl (C=O) groups is 1. The van der Waals surface area contributed by atoms with E-state index in [-0.39, 0.29) is 0 Å². The minimum absolute atomic E-state index is 0.361. The number of hydrogen-bond acceptors (Lipinski definition) is 4. The maximum Gasteiger partial charge on any atom is 0.413 e. The number of H-pyrrole nitrogens is 1. The van der Waals surface area contributed by atoms with Gasteiger partial charge in [-0.25, -0.2) is 9.78 Å². The molecule has 2 aromatic heterocycles. The second kappa shape index (κ2) is 5.24. The van der Waals surface area contributed by atoms with Crippen LogP contribution in [0.15, 0.2) is 36.5 Å². The van der Waals surface area contributed by atoms with Crippen molar-refractivity contribution in [2.75, 3.05) is 12.4 Å². The summed E-state index contributed by atoms with van der Waals surface area (Å²) >= 11 is 0. The van der Waals surface area contributed by atoms with Crippen molar-refractivity contribution in [1.82, 2.24) is 15.0 Å². The molecule has 6 nitrogen and oxygen atoms in total. The van der Waals surface area contributed by atoms with Crippen LogP contribution in [0.3, 0.4) is 0 Å². The third-order valence-electron chi connectivity index (χ3n) is 3.12. The summed E-state index contributed by atoms with van der Waals surface area (Å²) in [4.78, 5) is 22.7. The molecule has 3 aromatic rings. The number of hydrogen-bond donors (Lipinski definition) is 2. The van der Waals surface area contributed by atoms with Crippen LogP contribution in [0, 0.1) is 6.92 Å². The lowest BCUT2D eigenvalue weighted by Gasteiger charge is -2.02. The first-order valence-corrected chi connectivity index (χ1v) is 6.43. The molecule has 0 saturated carbocycles. The zero-order valence-corrected chi connectivity index (χ0v) is 11.7. The van der Waals surface area contributed by atoms with Crippen LogP contribution >= 0.6 is 0 Å². The van der Waals surface area contributed by atoms with E-state index in [0.717, 1.165) is 27.9 Å². The number of benzene rings is 1. The van der Waals surface area contributed by atoms with Crippen LogP contribution in [-0.2, 0) is 4.74 Å². The number of amides is 1. The summed E-state index contributed by atoms with van der Waals surface area (Å²) in [5.74, 6) is 0.361. The fraction of sp³-hybridized carbons (Fsp3) is 0.133. The summed E-state index contributed by atoms with van der Waals surface area (Å²) in [6, 6.07) is 9.85. The standard InChI is InChI=1S/C15H14N4O2/c1-9-7-11(5-6-16-9)10-3-4-12-13(8-10)18-14(17-12)19-15(20)21-2/h3-8H,1-2H3,(H2,17,18,19,20). The number of aromatic nitrogens is 3. The van der Waals surface area contributed by atoms with E-state index >= 15 is 0 Å². The molecule has 0 fully saturated rings. The average Bonchev–Trinajstić information content (AvgIpc) is 2.88. The Hall–Kier alpha value is -2.89.